The number of nitrogens with zero attached hydrogens (tertiary/aromatic N) is 6. The zero-order valence-corrected chi connectivity index (χ0v) is 44.6. The van der Waals surface area contributed by atoms with Gasteiger partial charge in [-0.3, -0.25) is 0 Å². The lowest BCUT2D eigenvalue weighted by atomic mass is 9.91. The molecule has 2 unspecified atom stereocenters. The van der Waals surface area contributed by atoms with Crippen LogP contribution in [0.1, 0.15) is 17.0 Å². The molecular weight excluding hydrogens is 1020 g/mol. The number of aromatic nitrogens is 4. The van der Waals surface area contributed by atoms with E-state index >= 15 is 8.42 Å². The van der Waals surface area contributed by atoms with Crippen LogP contribution in [0.15, 0.2) is 265 Å². The maximum Gasteiger partial charge on any atom is 0.208 e. The predicted molar refractivity (Wildman–Crippen MR) is 331 cm³/mol. The van der Waals surface area contributed by atoms with Crippen molar-refractivity contribution in [2.24, 2.45) is 0 Å². The van der Waals surface area contributed by atoms with Gasteiger partial charge in [0.1, 0.15) is 0 Å². The Labute approximate surface area is 471 Å². The van der Waals surface area contributed by atoms with Gasteiger partial charge in [0, 0.05) is 72.1 Å². The average molecular weight is 1070 g/mol. The Hall–Kier alpha value is -10.8. The summed E-state index contributed by atoms with van der Waals surface area (Å²) in [6, 6.07) is 86.6. The second kappa shape index (κ2) is 17.3. The Bertz CT molecular complexity index is 5360. The molecule has 4 aromatic heterocycles. The first-order valence-corrected chi connectivity index (χ1v) is 29.0. The maximum absolute atomic E-state index is 16.1. The van der Waals surface area contributed by atoms with Gasteiger partial charge in [0.15, 0.2) is 0 Å². The molecule has 1 aliphatic carbocycles. The topological polar surface area (TPSA) is 80.9 Å². The number of hydrogen-bond donors (Lipinski definition) is 0. The summed E-state index contributed by atoms with van der Waals surface area (Å²) in [5.74, 6) is 0.115. The summed E-state index contributed by atoms with van der Waals surface area (Å²) in [6.45, 7) is 0. The second-order valence-corrected chi connectivity index (χ2v) is 23.2. The molecule has 0 saturated carbocycles. The van der Waals surface area contributed by atoms with Gasteiger partial charge in [-0.1, -0.05) is 152 Å². The van der Waals surface area contributed by atoms with Crippen LogP contribution in [0, 0.1) is 23.5 Å². The summed E-state index contributed by atoms with van der Waals surface area (Å²) < 4.78 is 41.5. The minimum Gasteiger partial charge on any atom is -0.333 e. The van der Waals surface area contributed by atoms with Gasteiger partial charge < -0.3 is 23.2 Å². The highest BCUT2D eigenvalue weighted by atomic mass is 32.2. The number of fused-ring (bicyclic) bond motifs is 19. The first-order valence-electron chi connectivity index (χ1n) is 27.5. The predicted octanol–water partition coefficient (Wildman–Crippen LogP) is 17.1. The number of anilines is 2. The standard InChI is InChI=1S/C73H44N6O2S/c74-45-46-36-39-51(40-37-46)82(80,81)65-44-50(38-42-63(65)79-62-35-19-11-27-54(62)66-64(79)43-41-53-52-26-10-15-31-58(52)75(70(53)66)47-20-4-1-5-21-47)78-61-34-18-14-30-57(61)69-72-67(55-28-12-16-32-59(55)76(72)48-22-6-2-7-23-48)71-68(73(69)78)56-29-13-17-33-60(56)77(71)49-24-8-3-9-25-49/h1,3-6,8-44,52,58H. The molecule has 0 radical (unpaired) electrons. The van der Waals surface area contributed by atoms with Crippen molar-refractivity contribution in [2.45, 2.75) is 21.8 Å². The lowest BCUT2D eigenvalue weighted by Gasteiger charge is -2.29. The van der Waals surface area contributed by atoms with Crippen LogP contribution in [-0.2, 0) is 9.84 Å². The second-order valence-electron chi connectivity index (χ2n) is 21.3. The van der Waals surface area contributed by atoms with Gasteiger partial charge in [-0.15, -0.1) is 0 Å². The van der Waals surface area contributed by atoms with Gasteiger partial charge in [-0.25, -0.2) is 8.42 Å². The molecule has 8 nitrogen and oxygen atoms in total. The van der Waals surface area contributed by atoms with Crippen molar-refractivity contribution >= 4 is 108 Å². The van der Waals surface area contributed by atoms with E-state index in [9.17, 15) is 5.26 Å². The first kappa shape index (κ1) is 46.1. The van der Waals surface area contributed by atoms with E-state index in [1.807, 2.05) is 36.4 Å². The fourth-order valence-electron chi connectivity index (χ4n) is 13.9. The van der Waals surface area contributed by atoms with Crippen LogP contribution >= 0.6 is 0 Å². The molecule has 0 bridgehead atoms. The molecule has 0 saturated heterocycles. The summed E-state index contributed by atoms with van der Waals surface area (Å²) in [5.41, 5.74) is 14.7. The van der Waals surface area contributed by atoms with E-state index in [4.69, 9.17) is 0 Å². The molecule has 9 heteroatoms. The van der Waals surface area contributed by atoms with Crippen LogP contribution in [0.3, 0.4) is 0 Å². The summed E-state index contributed by atoms with van der Waals surface area (Å²) in [6.07, 6.45) is 8.86. The van der Waals surface area contributed by atoms with Crippen molar-refractivity contribution in [3.05, 3.63) is 278 Å². The van der Waals surface area contributed by atoms with Crippen molar-refractivity contribution in [3.63, 3.8) is 0 Å². The third-order valence-corrected chi connectivity index (χ3v) is 19.0. The minimum atomic E-state index is -4.35. The highest BCUT2D eigenvalue weighted by Gasteiger charge is 2.40. The Kier molecular flexibility index (Phi) is 9.74. The van der Waals surface area contributed by atoms with Gasteiger partial charge in [0.25, 0.3) is 0 Å². The minimum absolute atomic E-state index is 0.0492. The fourth-order valence-corrected chi connectivity index (χ4v) is 15.4. The van der Waals surface area contributed by atoms with E-state index in [2.05, 4.69) is 236 Å². The van der Waals surface area contributed by atoms with Gasteiger partial charge >= 0.3 is 0 Å². The largest absolute Gasteiger partial charge is 0.333 e. The quantitative estimate of drug-likeness (QED) is 0.159. The van der Waals surface area contributed by atoms with Gasteiger partial charge in [-0.05, 0) is 115 Å². The van der Waals surface area contributed by atoms with Crippen molar-refractivity contribution in [2.75, 3.05) is 4.90 Å². The molecule has 0 spiro atoms. The van der Waals surface area contributed by atoms with E-state index < -0.39 is 9.84 Å². The SMILES string of the molecule is N#Cc1ccc(S(=O)(=O)c2cc(-n3c4ccccc4c4c5c(c6ccccc6n5-c5cc#ccc5)c5c(c6ccccc6n5-c5ccccc5)c43)ccc2-n2c3ccccc3c3c4c(ccc32)C2C=CC=CC2N4c2ccccc2)cc1. The van der Waals surface area contributed by atoms with E-state index in [-0.39, 0.29) is 21.8 Å². The third kappa shape index (κ3) is 6.28. The number of rotatable bonds is 7. The monoisotopic (exact) mass is 1070 g/mol. The van der Waals surface area contributed by atoms with Crippen LogP contribution in [0.5, 0.6) is 0 Å². The molecular formula is C73H44N6O2S. The molecule has 0 fully saturated rings. The summed E-state index contributed by atoms with van der Waals surface area (Å²) >= 11 is 0. The van der Waals surface area contributed by atoms with Crippen LogP contribution < -0.4 is 4.90 Å². The maximum atomic E-state index is 16.1. The summed E-state index contributed by atoms with van der Waals surface area (Å²) in [5, 5.41) is 18.3. The highest BCUT2D eigenvalue weighted by molar-refractivity contribution is 7.91. The smallest absolute Gasteiger partial charge is 0.208 e. The number of hydrogen-bond acceptors (Lipinski definition) is 4. The van der Waals surface area contributed by atoms with Gasteiger partial charge in [0.2, 0.25) is 9.84 Å². The molecule has 1 aliphatic heterocycles. The van der Waals surface area contributed by atoms with Crippen LogP contribution in [0.4, 0.5) is 11.4 Å². The van der Waals surface area contributed by atoms with E-state index in [1.54, 1.807) is 24.3 Å². The molecule has 384 valence electrons. The van der Waals surface area contributed by atoms with Crippen LogP contribution in [0.25, 0.3) is 110 Å². The number of para-hydroxylation sites is 6. The molecule has 2 aliphatic rings. The Morgan fingerprint density at radius 2 is 0.963 bits per heavy atom. The van der Waals surface area contributed by atoms with E-state index in [0.717, 1.165) is 110 Å². The van der Waals surface area contributed by atoms with Crippen LogP contribution in [0.2, 0.25) is 0 Å². The fraction of sp³-hybridized carbons (Fsp3) is 0.0274. The molecule has 2 atom stereocenters. The lowest BCUT2D eigenvalue weighted by Crippen LogP contribution is -2.28. The molecule has 15 aromatic rings. The Balaban J connectivity index is 1.03. The Morgan fingerprint density at radius 3 is 1.55 bits per heavy atom. The van der Waals surface area contributed by atoms with Crippen LogP contribution in [-0.4, -0.2) is 32.7 Å². The molecule has 17 rings (SSSR count). The normalized spacial score (nSPS) is 14.9. The number of allylic oxidation sites excluding steroid dienone is 2. The summed E-state index contributed by atoms with van der Waals surface area (Å²) in [7, 11) is -4.35. The number of sulfone groups is 1. The Morgan fingerprint density at radius 1 is 0.439 bits per heavy atom. The number of nitriles is 1. The van der Waals surface area contributed by atoms with Crippen molar-refractivity contribution in [3.8, 4) is 28.8 Å². The van der Waals surface area contributed by atoms with E-state index in [1.165, 1.54) is 5.56 Å². The summed E-state index contributed by atoms with van der Waals surface area (Å²) in [4.78, 5) is 2.67. The molecule has 11 aromatic carbocycles. The molecule has 5 heterocycles. The van der Waals surface area contributed by atoms with E-state index in [0.29, 0.717) is 16.9 Å². The van der Waals surface area contributed by atoms with Crippen molar-refractivity contribution < 1.29 is 8.42 Å². The average Bonchev–Trinajstić information content (AvgIpc) is 2.03. The van der Waals surface area contributed by atoms with Crippen molar-refractivity contribution in [1.82, 2.24) is 18.3 Å². The zero-order chi connectivity index (χ0) is 54.4. The molecule has 0 N–H and O–H groups in total. The van der Waals surface area contributed by atoms with Gasteiger partial charge in [0.05, 0.1) is 88.7 Å². The first-order chi connectivity index (χ1) is 40.5. The zero-order valence-electron chi connectivity index (χ0n) is 43.8. The van der Waals surface area contributed by atoms with Crippen molar-refractivity contribution in [1.29, 1.82) is 5.26 Å². The third-order valence-electron chi connectivity index (χ3n) is 17.2. The van der Waals surface area contributed by atoms with Gasteiger partial charge in [-0.2, -0.15) is 5.26 Å². The highest BCUT2D eigenvalue weighted by Crippen LogP contribution is 2.55. The number of benzene rings is 10. The molecule has 82 heavy (non-hydrogen) atoms. The molecule has 0 amide bonds. The lowest BCUT2D eigenvalue weighted by molar-refractivity contribution is 0.595.